The SMILES string of the molecule is CC1(C)COc2cc(N)cnc2O1. The van der Waals surface area contributed by atoms with E-state index in [1.165, 1.54) is 0 Å². The van der Waals surface area contributed by atoms with Gasteiger partial charge in [-0.3, -0.25) is 0 Å². The van der Waals surface area contributed by atoms with Gasteiger partial charge in [0.05, 0.1) is 11.9 Å². The molecule has 0 aliphatic carbocycles. The molecule has 0 atom stereocenters. The number of fused-ring (bicyclic) bond motifs is 1. The minimum atomic E-state index is -0.309. The fourth-order valence-corrected chi connectivity index (χ4v) is 1.17. The zero-order valence-electron chi connectivity index (χ0n) is 7.70. The second-order valence-electron chi connectivity index (χ2n) is 3.72. The Kier molecular flexibility index (Phi) is 1.58. The Balaban J connectivity index is 2.37. The highest BCUT2D eigenvalue weighted by Gasteiger charge is 2.28. The zero-order chi connectivity index (χ0) is 9.47. The molecule has 2 heterocycles. The van der Waals surface area contributed by atoms with Crippen LogP contribution in [0.15, 0.2) is 12.3 Å². The first-order chi connectivity index (χ1) is 6.07. The molecule has 0 saturated heterocycles. The van der Waals surface area contributed by atoms with Crippen LogP contribution < -0.4 is 15.2 Å². The Morgan fingerprint density at radius 2 is 2.31 bits per heavy atom. The lowest BCUT2D eigenvalue weighted by molar-refractivity contribution is 0.0163. The van der Waals surface area contributed by atoms with Gasteiger partial charge in [0.1, 0.15) is 12.2 Å². The van der Waals surface area contributed by atoms with Crippen LogP contribution in [-0.2, 0) is 0 Å². The molecule has 0 saturated carbocycles. The molecule has 2 rings (SSSR count). The first kappa shape index (κ1) is 8.16. The number of hydrogen-bond donors (Lipinski definition) is 1. The van der Waals surface area contributed by atoms with Crippen molar-refractivity contribution >= 4 is 5.69 Å². The van der Waals surface area contributed by atoms with Gasteiger partial charge in [0, 0.05) is 6.07 Å². The summed E-state index contributed by atoms with van der Waals surface area (Å²) in [5, 5.41) is 0. The van der Waals surface area contributed by atoms with E-state index in [9.17, 15) is 0 Å². The van der Waals surface area contributed by atoms with E-state index in [1.54, 1.807) is 12.3 Å². The third-order valence-corrected chi connectivity index (χ3v) is 1.79. The normalized spacial score (nSPS) is 18.3. The standard InChI is InChI=1S/C9H12N2O2/c1-9(2)5-12-7-3-6(10)4-11-8(7)13-9/h3-4H,5,10H2,1-2H3. The largest absolute Gasteiger partial charge is 0.484 e. The molecule has 0 fully saturated rings. The number of hydrogen-bond acceptors (Lipinski definition) is 4. The number of nitrogens with zero attached hydrogens (tertiary/aromatic N) is 1. The van der Waals surface area contributed by atoms with Gasteiger partial charge in [-0.05, 0) is 13.8 Å². The van der Waals surface area contributed by atoms with Gasteiger partial charge in [0.2, 0.25) is 0 Å². The minimum Gasteiger partial charge on any atom is -0.484 e. The number of nitrogens with two attached hydrogens (primary N) is 1. The average Bonchev–Trinajstić information content (AvgIpc) is 2.05. The lowest BCUT2D eigenvalue weighted by Crippen LogP contribution is -2.39. The summed E-state index contributed by atoms with van der Waals surface area (Å²) in [4.78, 5) is 4.04. The molecule has 0 spiro atoms. The van der Waals surface area contributed by atoms with E-state index in [4.69, 9.17) is 15.2 Å². The number of aromatic nitrogens is 1. The molecule has 0 amide bonds. The number of nitrogen functional groups attached to an aromatic ring is 1. The maximum atomic E-state index is 5.58. The van der Waals surface area contributed by atoms with Crippen LogP contribution >= 0.6 is 0 Å². The Morgan fingerprint density at radius 1 is 1.54 bits per heavy atom. The van der Waals surface area contributed by atoms with E-state index < -0.39 is 0 Å². The third-order valence-electron chi connectivity index (χ3n) is 1.79. The van der Waals surface area contributed by atoms with Gasteiger partial charge in [-0.25, -0.2) is 4.98 Å². The van der Waals surface area contributed by atoms with Crippen LogP contribution in [0.1, 0.15) is 13.8 Å². The van der Waals surface area contributed by atoms with Crippen LogP contribution in [0.3, 0.4) is 0 Å². The van der Waals surface area contributed by atoms with Crippen molar-refractivity contribution in [1.82, 2.24) is 4.98 Å². The van der Waals surface area contributed by atoms with Crippen molar-refractivity contribution in [2.24, 2.45) is 0 Å². The quantitative estimate of drug-likeness (QED) is 0.652. The Hall–Kier alpha value is -1.45. The van der Waals surface area contributed by atoms with Gasteiger partial charge in [-0.1, -0.05) is 0 Å². The van der Waals surface area contributed by atoms with Crippen molar-refractivity contribution in [2.75, 3.05) is 12.3 Å². The highest BCUT2D eigenvalue weighted by Crippen LogP contribution is 2.33. The van der Waals surface area contributed by atoms with E-state index in [1.807, 2.05) is 13.8 Å². The fraction of sp³-hybridized carbons (Fsp3) is 0.444. The molecule has 1 aliphatic rings. The summed E-state index contributed by atoms with van der Waals surface area (Å²) in [6.07, 6.45) is 1.56. The lowest BCUT2D eigenvalue weighted by atomic mass is 10.1. The first-order valence-electron chi connectivity index (χ1n) is 4.14. The van der Waals surface area contributed by atoms with E-state index in [2.05, 4.69) is 4.98 Å². The van der Waals surface area contributed by atoms with Crippen molar-refractivity contribution in [3.8, 4) is 11.6 Å². The minimum absolute atomic E-state index is 0.309. The summed E-state index contributed by atoms with van der Waals surface area (Å²) in [6, 6.07) is 1.72. The summed E-state index contributed by atoms with van der Waals surface area (Å²) in [5.74, 6) is 1.14. The molecule has 4 nitrogen and oxygen atoms in total. The molecule has 0 aromatic carbocycles. The van der Waals surface area contributed by atoms with Gasteiger partial charge in [-0.2, -0.15) is 0 Å². The third kappa shape index (κ3) is 1.52. The van der Waals surface area contributed by atoms with E-state index >= 15 is 0 Å². The topological polar surface area (TPSA) is 57.4 Å². The molecule has 2 N–H and O–H groups in total. The van der Waals surface area contributed by atoms with E-state index in [0.29, 0.717) is 23.9 Å². The maximum Gasteiger partial charge on any atom is 0.257 e. The van der Waals surface area contributed by atoms with Crippen LogP contribution in [0.5, 0.6) is 11.6 Å². The van der Waals surface area contributed by atoms with Gasteiger partial charge >= 0.3 is 0 Å². The molecule has 0 bridgehead atoms. The van der Waals surface area contributed by atoms with E-state index in [0.717, 1.165) is 0 Å². The van der Waals surface area contributed by atoms with Crippen molar-refractivity contribution in [1.29, 1.82) is 0 Å². The van der Waals surface area contributed by atoms with Crippen LogP contribution in [0.4, 0.5) is 5.69 Å². The number of anilines is 1. The summed E-state index contributed by atoms with van der Waals surface area (Å²) < 4.78 is 11.0. The molecule has 13 heavy (non-hydrogen) atoms. The van der Waals surface area contributed by atoms with Crippen molar-refractivity contribution < 1.29 is 9.47 Å². The predicted octanol–water partition coefficient (Wildman–Crippen LogP) is 1.21. The van der Waals surface area contributed by atoms with Crippen molar-refractivity contribution in [3.05, 3.63) is 12.3 Å². The number of pyridine rings is 1. The summed E-state index contributed by atoms with van der Waals surface area (Å²) in [7, 11) is 0. The molecule has 0 radical (unpaired) electrons. The number of ether oxygens (including phenoxy) is 2. The maximum absolute atomic E-state index is 5.58. The zero-order valence-corrected chi connectivity index (χ0v) is 7.70. The Morgan fingerprint density at radius 3 is 3.08 bits per heavy atom. The molecule has 0 unspecified atom stereocenters. The second-order valence-corrected chi connectivity index (χ2v) is 3.72. The van der Waals surface area contributed by atoms with Gasteiger partial charge in [0.15, 0.2) is 5.75 Å². The smallest absolute Gasteiger partial charge is 0.257 e. The average molecular weight is 180 g/mol. The van der Waals surface area contributed by atoms with Crippen LogP contribution in [0.2, 0.25) is 0 Å². The summed E-state index contributed by atoms with van der Waals surface area (Å²) in [6.45, 7) is 4.42. The van der Waals surface area contributed by atoms with Gasteiger partial charge in [-0.15, -0.1) is 0 Å². The Bertz CT molecular complexity index is 336. The molecular weight excluding hydrogens is 168 g/mol. The molecular formula is C9H12N2O2. The van der Waals surface area contributed by atoms with Crippen LogP contribution in [0.25, 0.3) is 0 Å². The summed E-state index contributed by atoms with van der Waals surface area (Å²) >= 11 is 0. The van der Waals surface area contributed by atoms with Crippen molar-refractivity contribution in [2.45, 2.75) is 19.4 Å². The fourth-order valence-electron chi connectivity index (χ4n) is 1.17. The van der Waals surface area contributed by atoms with E-state index in [-0.39, 0.29) is 5.60 Å². The molecule has 1 aromatic heterocycles. The summed E-state index contributed by atoms with van der Waals surface area (Å²) in [5.41, 5.74) is 5.83. The lowest BCUT2D eigenvalue weighted by Gasteiger charge is -2.31. The van der Waals surface area contributed by atoms with Gasteiger partial charge < -0.3 is 15.2 Å². The highest BCUT2D eigenvalue weighted by molar-refractivity contribution is 5.47. The van der Waals surface area contributed by atoms with Crippen LogP contribution in [0, 0.1) is 0 Å². The van der Waals surface area contributed by atoms with Crippen molar-refractivity contribution in [3.63, 3.8) is 0 Å². The second kappa shape index (κ2) is 2.52. The van der Waals surface area contributed by atoms with Gasteiger partial charge in [0.25, 0.3) is 5.88 Å². The monoisotopic (exact) mass is 180 g/mol. The Labute approximate surface area is 76.7 Å². The molecule has 4 heteroatoms. The molecule has 1 aromatic rings. The predicted molar refractivity (Wildman–Crippen MR) is 48.9 cm³/mol. The molecule has 1 aliphatic heterocycles. The molecule has 70 valence electrons. The van der Waals surface area contributed by atoms with Crippen LogP contribution in [-0.4, -0.2) is 17.2 Å². The number of rotatable bonds is 0. The highest BCUT2D eigenvalue weighted by atomic mass is 16.6. The first-order valence-corrected chi connectivity index (χ1v) is 4.14.